The molecule has 1 amide bonds. The molecule has 2 fully saturated rings. The topological polar surface area (TPSA) is 66.6 Å². The first-order valence-electron chi connectivity index (χ1n) is 10.7. The minimum absolute atomic E-state index is 0.0238. The van der Waals surface area contributed by atoms with Gasteiger partial charge in [0.2, 0.25) is 0 Å². The molecule has 7 heteroatoms. The number of carbonyl (C=O) groups is 1. The number of nitrogens with zero attached hydrogens (tertiary/aromatic N) is 1. The molecule has 3 N–H and O–H groups in total. The molecule has 4 nitrogen and oxygen atoms in total. The van der Waals surface area contributed by atoms with Crippen molar-refractivity contribution in [2.24, 2.45) is 11.7 Å². The van der Waals surface area contributed by atoms with Crippen molar-refractivity contribution in [2.75, 3.05) is 0 Å². The van der Waals surface area contributed by atoms with E-state index in [4.69, 9.17) is 5.73 Å². The van der Waals surface area contributed by atoms with E-state index in [9.17, 15) is 23.1 Å². The molecule has 4 atom stereocenters. The van der Waals surface area contributed by atoms with Crippen molar-refractivity contribution >= 4 is 5.91 Å². The standard InChI is InChI=1S/C24H27F3N2O2/c1-24(31,16-5-3-2-4-6-16)23(30)29-17-7-8-18(29)10-15(9-17)22(28)12-14-11-20(26)21(27)13-19(14)25/h2-6,11,13,15,17-18,22,31H,7-10,12,28H2,1H3/t17-,18-,22+,24+/m0/s1. The van der Waals surface area contributed by atoms with Crippen molar-refractivity contribution in [3.8, 4) is 0 Å². The fraction of sp³-hybridized carbons (Fsp3) is 0.458. The monoisotopic (exact) mass is 432 g/mol. The van der Waals surface area contributed by atoms with Crippen LogP contribution in [-0.2, 0) is 16.8 Å². The fourth-order valence-corrected chi connectivity index (χ4v) is 5.18. The Kier molecular flexibility index (Phi) is 5.83. The van der Waals surface area contributed by atoms with Gasteiger partial charge in [0.15, 0.2) is 17.2 Å². The Balaban J connectivity index is 1.47. The van der Waals surface area contributed by atoms with Gasteiger partial charge in [-0.15, -0.1) is 0 Å². The maximum atomic E-state index is 14.0. The smallest absolute Gasteiger partial charge is 0.259 e. The maximum Gasteiger partial charge on any atom is 0.259 e. The molecule has 166 valence electrons. The van der Waals surface area contributed by atoms with E-state index in [1.54, 1.807) is 29.2 Å². The van der Waals surface area contributed by atoms with Crippen LogP contribution in [0.3, 0.4) is 0 Å². The van der Waals surface area contributed by atoms with Crippen molar-refractivity contribution in [3.63, 3.8) is 0 Å². The molecule has 2 saturated heterocycles. The third-order valence-electron chi connectivity index (χ3n) is 6.91. The highest BCUT2D eigenvalue weighted by atomic mass is 19.2. The number of carbonyl (C=O) groups excluding carboxylic acids is 1. The number of aliphatic hydroxyl groups is 1. The SMILES string of the molecule is C[C@](O)(C(=O)N1[C@H]2CC[C@H]1CC([C@H](N)Cc1cc(F)c(F)cc1F)C2)c1ccccc1. The molecule has 2 aromatic rings. The van der Waals surface area contributed by atoms with Gasteiger partial charge in [-0.05, 0) is 62.1 Å². The molecule has 0 saturated carbocycles. The van der Waals surface area contributed by atoms with Gasteiger partial charge >= 0.3 is 0 Å². The average Bonchev–Trinajstić information content (AvgIpc) is 3.00. The number of fused-ring (bicyclic) bond motifs is 2. The molecule has 0 aromatic heterocycles. The van der Waals surface area contributed by atoms with Crippen LogP contribution in [0.5, 0.6) is 0 Å². The van der Waals surface area contributed by atoms with E-state index in [0.717, 1.165) is 18.9 Å². The second-order valence-electron chi connectivity index (χ2n) is 8.99. The summed E-state index contributed by atoms with van der Waals surface area (Å²) >= 11 is 0. The maximum absolute atomic E-state index is 14.0. The molecule has 0 spiro atoms. The van der Waals surface area contributed by atoms with Gasteiger partial charge in [0.25, 0.3) is 5.91 Å². The predicted molar refractivity (Wildman–Crippen MR) is 110 cm³/mol. The number of amides is 1. The van der Waals surface area contributed by atoms with Crippen molar-refractivity contribution in [1.82, 2.24) is 4.90 Å². The fourth-order valence-electron chi connectivity index (χ4n) is 5.18. The summed E-state index contributed by atoms with van der Waals surface area (Å²) in [7, 11) is 0. The van der Waals surface area contributed by atoms with E-state index < -0.39 is 29.1 Å². The Morgan fingerprint density at radius 2 is 1.68 bits per heavy atom. The summed E-state index contributed by atoms with van der Waals surface area (Å²) < 4.78 is 40.8. The van der Waals surface area contributed by atoms with Crippen molar-refractivity contribution < 1.29 is 23.1 Å². The lowest BCUT2D eigenvalue weighted by atomic mass is 9.81. The lowest BCUT2D eigenvalue weighted by molar-refractivity contribution is -0.156. The Labute approximate surface area is 179 Å². The van der Waals surface area contributed by atoms with Gasteiger partial charge in [-0.2, -0.15) is 0 Å². The number of hydrogen-bond donors (Lipinski definition) is 2. The van der Waals surface area contributed by atoms with Crippen LogP contribution in [-0.4, -0.2) is 34.0 Å². The number of rotatable bonds is 5. The van der Waals surface area contributed by atoms with Gasteiger partial charge in [0, 0.05) is 24.2 Å². The zero-order valence-electron chi connectivity index (χ0n) is 17.4. The van der Waals surface area contributed by atoms with Gasteiger partial charge in [0.05, 0.1) is 0 Å². The highest BCUT2D eigenvalue weighted by Crippen LogP contribution is 2.42. The second kappa shape index (κ2) is 8.28. The Bertz CT molecular complexity index is 953. The number of halogens is 3. The van der Waals surface area contributed by atoms with Crippen molar-refractivity contribution in [3.05, 3.63) is 71.0 Å². The highest BCUT2D eigenvalue weighted by molar-refractivity contribution is 5.86. The molecule has 2 aromatic carbocycles. The average molecular weight is 432 g/mol. The van der Waals surface area contributed by atoms with Crippen LogP contribution in [0.4, 0.5) is 13.2 Å². The van der Waals surface area contributed by atoms with Gasteiger partial charge in [-0.3, -0.25) is 4.79 Å². The minimum atomic E-state index is -1.62. The quantitative estimate of drug-likeness (QED) is 0.709. The van der Waals surface area contributed by atoms with Crippen LogP contribution in [0.2, 0.25) is 0 Å². The highest BCUT2D eigenvalue weighted by Gasteiger charge is 2.49. The largest absolute Gasteiger partial charge is 0.376 e. The van der Waals surface area contributed by atoms with E-state index >= 15 is 0 Å². The number of hydrogen-bond acceptors (Lipinski definition) is 3. The zero-order chi connectivity index (χ0) is 22.3. The predicted octanol–water partition coefficient (Wildman–Crippen LogP) is 3.65. The van der Waals surface area contributed by atoms with Crippen LogP contribution in [0.1, 0.15) is 43.7 Å². The molecule has 2 aliphatic rings. The van der Waals surface area contributed by atoms with Crippen molar-refractivity contribution in [1.29, 1.82) is 0 Å². The molecule has 2 aliphatic heterocycles. The molecule has 0 radical (unpaired) electrons. The van der Waals surface area contributed by atoms with E-state index in [-0.39, 0.29) is 35.9 Å². The van der Waals surface area contributed by atoms with Crippen LogP contribution < -0.4 is 5.73 Å². The number of benzene rings is 2. The molecule has 0 unspecified atom stereocenters. The van der Waals surface area contributed by atoms with Gasteiger partial charge < -0.3 is 15.7 Å². The first-order chi connectivity index (χ1) is 14.7. The summed E-state index contributed by atoms with van der Waals surface area (Å²) in [6, 6.07) is 9.76. The van der Waals surface area contributed by atoms with E-state index in [1.807, 2.05) is 6.07 Å². The van der Waals surface area contributed by atoms with Gasteiger partial charge in [-0.25, -0.2) is 13.2 Å². The lowest BCUT2D eigenvalue weighted by Gasteiger charge is -2.43. The van der Waals surface area contributed by atoms with Crippen LogP contribution in [0.25, 0.3) is 0 Å². The minimum Gasteiger partial charge on any atom is -0.376 e. The van der Waals surface area contributed by atoms with Crippen LogP contribution >= 0.6 is 0 Å². The molecule has 4 rings (SSSR count). The molecule has 31 heavy (non-hydrogen) atoms. The summed E-state index contributed by atoms with van der Waals surface area (Å²) in [5.74, 6) is -3.40. The summed E-state index contributed by atoms with van der Waals surface area (Å²) in [6.45, 7) is 1.52. The molecule has 0 aliphatic carbocycles. The van der Waals surface area contributed by atoms with Crippen molar-refractivity contribution in [2.45, 2.75) is 62.8 Å². The van der Waals surface area contributed by atoms with Crippen LogP contribution in [0.15, 0.2) is 42.5 Å². The van der Waals surface area contributed by atoms with Gasteiger partial charge in [-0.1, -0.05) is 30.3 Å². The third kappa shape index (κ3) is 4.08. The third-order valence-corrected chi connectivity index (χ3v) is 6.91. The number of piperidine rings is 1. The lowest BCUT2D eigenvalue weighted by Crippen LogP contribution is -2.55. The molecule has 2 heterocycles. The van der Waals surface area contributed by atoms with E-state index in [1.165, 1.54) is 6.92 Å². The summed E-state index contributed by atoms with van der Waals surface area (Å²) in [6.07, 6.45) is 3.02. The Morgan fingerprint density at radius 3 is 2.29 bits per heavy atom. The summed E-state index contributed by atoms with van der Waals surface area (Å²) in [5.41, 5.74) is 5.34. The molecular formula is C24H27F3N2O2. The zero-order valence-corrected chi connectivity index (χ0v) is 17.4. The van der Waals surface area contributed by atoms with E-state index in [0.29, 0.717) is 24.5 Å². The number of nitrogens with two attached hydrogens (primary N) is 1. The first kappa shape index (κ1) is 21.8. The van der Waals surface area contributed by atoms with Crippen LogP contribution in [0, 0.1) is 23.4 Å². The normalized spacial score (nSPS) is 25.9. The molecule has 2 bridgehead atoms. The summed E-state index contributed by atoms with van der Waals surface area (Å²) in [4.78, 5) is 15.1. The summed E-state index contributed by atoms with van der Waals surface area (Å²) in [5, 5.41) is 11.0. The Hall–Kier alpha value is -2.38. The second-order valence-corrected chi connectivity index (χ2v) is 8.99. The first-order valence-corrected chi connectivity index (χ1v) is 10.7. The molecular weight excluding hydrogens is 405 g/mol. The van der Waals surface area contributed by atoms with E-state index in [2.05, 4.69) is 0 Å². The van der Waals surface area contributed by atoms with Gasteiger partial charge in [0.1, 0.15) is 5.82 Å². The Morgan fingerprint density at radius 1 is 1.10 bits per heavy atom.